The van der Waals surface area contributed by atoms with Gasteiger partial charge in [0.05, 0.1) is 6.34 Å². The lowest BCUT2D eigenvalue weighted by Crippen LogP contribution is -2.12. The minimum atomic E-state index is 0.341. The maximum atomic E-state index is 6.82. The molecule has 0 rings (SSSR count). The van der Waals surface area contributed by atoms with Crippen LogP contribution in [0, 0.1) is 5.41 Å². The monoisotopic (exact) mass is 223 g/mol. The zero-order chi connectivity index (χ0) is 6.41. The van der Waals surface area contributed by atoms with E-state index >= 15 is 0 Å². The second-order valence-electron chi connectivity index (χ2n) is 0.919. The number of aliphatic imine (C=N–C) groups is 1. The van der Waals surface area contributed by atoms with E-state index in [0.29, 0.717) is 3.84 Å². The summed E-state index contributed by atoms with van der Waals surface area (Å²) in [6.45, 7) is 3.35. The van der Waals surface area contributed by atoms with E-state index in [9.17, 15) is 0 Å². The first-order valence-electron chi connectivity index (χ1n) is 1.90. The fourth-order valence-electron chi connectivity index (χ4n) is 0.147. The third-order valence-corrected chi connectivity index (χ3v) is 0.683. The van der Waals surface area contributed by atoms with Crippen LogP contribution in [-0.4, -0.2) is 10.2 Å². The first-order valence-corrected chi connectivity index (χ1v) is 2.98. The van der Waals surface area contributed by atoms with E-state index < -0.39 is 0 Å². The Bertz CT molecular complexity index is 118. The summed E-state index contributed by atoms with van der Waals surface area (Å²) in [5.41, 5.74) is 0. The first kappa shape index (κ1) is 7.61. The minimum Gasteiger partial charge on any atom is -0.326 e. The molecule has 0 heterocycles. The zero-order valence-corrected chi connectivity index (χ0v) is 6.34. The topological polar surface area (TPSA) is 48.2 Å². The zero-order valence-electron chi connectivity index (χ0n) is 4.19. The smallest absolute Gasteiger partial charge is 0.162 e. The molecular formula is C4H6IN3. The van der Waals surface area contributed by atoms with Crippen molar-refractivity contribution in [1.82, 2.24) is 5.32 Å². The highest BCUT2D eigenvalue weighted by atomic mass is 127. The van der Waals surface area contributed by atoms with Crippen LogP contribution in [0.2, 0.25) is 0 Å². The van der Waals surface area contributed by atoms with Crippen molar-refractivity contribution in [1.29, 1.82) is 5.41 Å². The molecule has 0 aliphatic carbocycles. The van der Waals surface area contributed by atoms with Crippen LogP contribution in [0.4, 0.5) is 0 Å². The summed E-state index contributed by atoms with van der Waals surface area (Å²) in [5.74, 6) is 0. The average molecular weight is 223 g/mol. The molecule has 0 aromatic heterocycles. The van der Waals surface area contributed by atoms with Gasteiger partial charge < -0.3 is 5.32 Å². The van der Waals surface area contributed by atoms with Crippen LogP contribution in [0.1, 0.15) is 0 Å². The van der Waals surface area contributed by atoms with E-state index in [2.05, 4.69) is 16.9 Å². The molecule has 0 fully saturated rings. The van der Waals surface area contributed by atoms with Crippen molar-refractivity contribution >= 4 is 32.8 Å². The van der Waals surface area contributed by atoms with Gasteiger partial charge in [-0.1, -0.05) is 6.58 Å². The Kier molecular flexibility index (Phi) is 4.53. The molecular weight excluding hydrogens is 217 g/mol. The van der Waals surface area contributed by atoms with E-state index in [1.54, 1.807) is 0 Å². The van der Waals surface area contributed by atoms with Gasteiger partial charge >= 0.3 is 0 Å². The minimum absolute atomic E-state index is 0.341. The largest absolute Gasteiger partial charge is 0.326 e. The summed E-state index contributed by atoms with van der Waals surface area (Å²) in [5, 5.41) is 9.38. The van der Waals surface area contributed by atoms with Crippen molar-refractivity contribution in [3.05, 3.63) is 12.8 Å². The van der Waals surface area contributed by atoms with Crippen molar-refractivity contribution in [3.63, 3.8) is 0 Å². The number of nitrogens with one attached hydrogen (secondary N) is 2. The lowest BCUT2D eigenvalue weighted by Gasteiger charge is -1.86. The molecule has 8 heavy (non-hydrogen) atoms. The Hall–Kier alpha value is -0.390. The van der Waals surface area contributed by atoms with Crippen LogP contribution < -0.4 is 5.32 Å². The van der Waals surface area contributed by atoms with Crippen LogP contribution in [0.3, 0.4) is 0 Å². The van der Waals surface area contributed by atoms with Crippen molar-refractivity contribution in [2.24, 2.45) is 4.99 Å². The van der Waals surface area contributed by atoms with Gasteiger partial charge in [0, 0.05) is 6.20 Å². The Morgan fingerprint density at radius 1 is 1.88 bits per heavy atom. The van der Waals surface area contributed by atoms with E-state index in [4.69, 9.17) is 5.41 Å². The van der Waals surface area contributed by atoms with Crippen molar-refractivity contribution in [2.75, 3.05) is 0 Å². The molecule has 3 nitrogen and oxygen atoms in total. The lowest BCUT2D eigenvalue weighted by atomic mass is 11.0. The van der Waals surface area contributed by atoms with Gasteiger partial charge in [-0.05, 0) is 22.6 Å². The highest BCUT2D eigenvalue weighted by Gasteiger charge is 1.75. The fraction of sp³-hybridized carbons (Fsp3) is 0. The van der Waals surface area contributed by atoms with Crippen LogP contribution in [0.25, 0.3) is 0 Å². The van der Waals surface area contributed by atoms with E-state index in [-0.39, 0.29) is 0 Å². The lowest BCUT2D eigenvalue weighted by molar-refractivity contribution is 1.37. The number of amidine groups is 1. The molecule has 0 aromatic carbocycles. The van der Waals surface area contributed by atoms with Gasteiger partial charge in [-0.15, -0.1) is 0 Å². The third kappa shape index (κ3) is 5.61. The molecule has 0 aliphatic rings. The van der Waals surface area contributed by atoms with Crippen LogP contribution >= 0.6 is 22.6 Å². The Labute approximate surface area is 61.5 Å². The fourth-order valence-corrected chi connectivity index (χ4v) is 0.286. The molecule has 0 amide bonds. The summed E-state index contributed by atoms with van der Waals surface area (Å²) in [7, 11) is 0. The summed E-state index contributed by atoms with van der Waals surface area (Å²) in [6.07, 6.45) is 2.80. The van der Waals surface area contributed by atoms with E-state index in [0.717, 1.165) is 0 Å². The summed E-state index contributed by atoms with van der Waals surface area (Å²) < 4.78 is 0.341. The molecule has 0 bridgehead atoms. The Morgan fingerprint density at radius 2 is 2.50 bits per heavy atom. The molecule has 0 saturated carbocycles. The molecule has 0 aromatic rings. The predicted molar refractivity (Wildman–Crippen MR) is 43.6 cm³/mol. The van der Waals surface area contributed by atoms with Crippen molar-refractivity contribution in [2.45, 2.75) is 0 Å². The molecule has 2 N–H and O–H groups in total. The van der Waals surface area contributed by atoms with Gasteiger partial charge in [0.1, 0.15) is 0 Å². The molecule has 0 unspecified atom stereocenters. The standard InChI is InChI=1S/C4H6IN3/c1-2-7-3-8-4(5)6/h2-3H,1H2,(H2,6,7,8). The second kappa shape index (κ2) is 4.76. The van der Waals surface area contributed by atoms with E-state index in [1.807, 2.05) is 22.6 Å². The molecule has 0 aliphatic heterocycles. The van der Waals surface area contributed by atoms with Gasteiger partial charge in [0.25, 0.3) is 0 Å². The average Bonchev–Trinajstić information content (AvgIpc) is 1.66. The van der Waals surface area contributed by atoms with Gasteiger partial charge in [-0.3, -0.25) is 5.41 Å². The number of nitrogens with zero attached hydrogens (tertiary/aromatic N) is 1. The van der Waals surface area contributed by atoms with Gasteiger partial charge in [0.15, 0.2) is 3.84 Å². The number of rotatable bonds is 2. The maximum Gasteiger partial charge on any atom is 0.162 e. The highest BCUT2D eigenvalue weighted by Crippen LogP contribution is 1.75. The first-order chi connectivity index (χ1) is 3.77. The van der Waals surface area contributed by atoms with Gasteiger partial charge in [-0.2, -0.15) is 0 Å². The Morgan fingerprint density at radius 3 is 2.88 bits per heavy atom. The molecule has 0 spiro atoms. The summed E-state index contributed by atoms with van der Waals surface area (Å²) in [4.78, 5) is 3.59. The number of hydrogen-bond donors (Lipinski definition) is 2. The van der Waals surface area contributed by atoms with Crippen LogP contribution in [-0.2, 0) is 0 Å². The number of hydrogen-bond acceptors (Lipinski definition) is 2. The normalized spacial score (nSPS) is 9.12. The second-order valence-corrected chi connectivity index (χ2v) is 2.00. The summed E-state index contributed by atoms with van der Waals surface area (Å²) >= 11 is 1.83. The van der Waals surface area contributed by atoms with Crippen LogP contribution in [0.15, 0.2) is 17.8 Å². The highest BCUT2D eigenvalue weighted by molar-refractivity contribution is 14.1. The van der Waals surface area contributed by atoms with Gasteiger partial charge in [-0.25, -0.2) is 4.99 Å². The SMILES string of the molecule is C=CN=CNC(=N)I. The van der Waals surface area contributed by atoms with E-state index in [1.165, 1.54) is 12.5 Å². The molecule has 0 saturated heterocycles. The predicted octanol–water partition coefficient (Wildman–Crippen LogP) is 1.12. The van der Waals surface area contributed by atoms with Crippen molar-refractivity contribution in [3.8, 4) is 0 Å². The maximum absolute atomic E-state index is 6.82. The molecule has 0 atom stereocenters. The summed E-state index contributed by atoms with van der Waals surface area (Å²) in [6, 6.07) is 0. The molecule has 44 valence electrons. The van der Waals surface area contributed by atoms with Gasteiger partial charge in [0.2, 0.25) is 0 Å². The Balaban J connectivity index is 3.29. The third-order valence-electron chi connectivity index (χ3n) is 0.371. The number of halogens is 1. The van der Waals surface area contributed by atoms with Crippen LogP contribution in [0.5, 0.6) is 0 Å². The molecule has 0 radical (unpaired) electrons. The molecule has 4 heteroatoms. The quantitative estimate of drug-likeness (QED) is 0.313. The van der Waals surface area contributed by atoms with Crippen molar-refractivity contribution < 1.29 is 0 Å².